The third-order valence-electron chi connectivity index (χ3n) is 3.45. The van der Waals surface area contributed by atoms with E-state index in [0.29, 0.717) is 22.7 Å². The van der Waals surface area contributed by atoms with Crippen LogP contribution in [0.3, 0.4) is 0 Å². The molecule has 2 heterocycles. The molecule has 0 aliphatic heterocycles. The minimum Gasteiger partial charge on any atom is -0.352 e. The Hall–Kier alpha value is -2.87. The summed E-state index contributed by atoms with van der Waals surface area (Å²) >= 11 is 1.16. The molecule has 1 aromatic carbocycles. The van der Waals surface area contributed by atoms with E-state index in [1.54, 1.807) is 10.8 Å². The molecule has 0 saturated heterocycles. The quantitative estimate of drug-likeness (QED) is 0.400. The largest absolute Gasteiger partial charge is 0.352 e. The molecular formula is C17H17N5O2S. The van der Waals surface area contributed by atoms with Crippen molar-refractivity contribution in [2.24, 2.45) is 0 Å². The molecule has 25 heavy (non-hydrogen) atoms. The normalized spacial score (nSPS) is 10.8. The molecule has 0 unspecified atom stereocenters. The lowest BCUT2D eigenvalue weighted by molar-refractivity contribution is -0.118. The second kappa shape index (κ2) is 7.35. The first-order valence-corrected chi connectivity index (χ1v) is 8.62. The van der Waals surface area contributed by atoms with Crippen LogP contribution < -0.4 is 10.9 Å². The van der Waals surface area contributed by atoms with Crippen molar-refractivity contribution in [1.82, 2.24) is 25.1 Å². The highest BCUT2D eigenvalue weighted by Crippen LogP contribution is 2.18. The molecule has 8 heteroatoms. The topological polar surface area (TPSA) is 92.7 Å². The van der Waals surface area contributed by atoms with E-state index < -0.39 is 0 Å². The summed E-state index contributed by atoms with van der Waals surface area (Å²) < 4.78 is 1.62. The van der Waals surface area contributed by atoms with E-state index in [-0.39, 0.29) is 17.2 Å². The van der Waals surface area contributed by atoms with Crippen LogP contribution in [0.25, 0.3) is 16.7 Å². The first-order chi connectivity index (χ1) is 12.1. The van der Waals surface area contributed by atoms with E-state index in [2.05, 4.69) is 27.0 Å². The molecule has 0 aliphatic rings. The lowest BCUT2D eigenvalue weighted by atomic mass is 10.2. The highest BCUT2D eigenvalue weighted by molar-refractivity contribution is 7.99. The van der Waals surface area contributed by atoms with Gasteiger partial charge in [-0.25, -0.2) is 9.67 Å². The molecule has 2 aromatic heterocycles. The molecule has 3 aromatic rings. The van der Waals surface area contributed by atoms with Crippen LogP contribution in [0.1, 0.15) is 5.56 Å². The predicted molar refractivity (Wildman–Crippen MR) is 98.2 cm³/mol. The van der Waals surface area contributed by atoms with E-state index in [0.717, 1.165) is 23.0 Å². The first-order valence-electron chi connectivity index (χ1n) is 7.64. The summed E-state index contributed by atoms with van der Waals surface area (Å²) in [6, 6.07) is 7.77. The van der Waals surface area contributed by atoms with E-state index >= 15 is 0 Å². The van der Waals surface area contributed by atoms with Gasteiger partial charge in [-0.2, -0.15) is 5.10 Å². The number of aromatic nitrogens is 4. The Kier molecular flexibility index (Phi) is 4.99. The number of amides is 1. The second-order valence-electron chi connectivity index (χ2n) is 5.39. The third kappa shape index (κ3) is 3.80. The second-order valence-corrected chi connectivity index (χ2v) is 6.35. The van der Waals surface area contributed by atoms with Crippen molar-refractivity contribution < 1.29 is 4.79 Å². The smallest absolute Gasteiger partial charge is 0.262 e. The van der Waals surface area contributed by atoms with Crippen LogP contribution in [0.15, 0.2) is 53.1 Å². The number of carbonyl (C=O) groups is 1. The van der Waals surface area contributed by atoms with Crippen molar-refractivity contribution in [1.29, 1.82) is 0 Å². The van der Waals surface area contributed by atoms with E-state index in [1.165, 1.54) is 6.20 Å². The van der Waals surface area contributed by atoms with Crippen LogP contribution in [0.2, 0.25) is 0 Å². The maximum absolute atomic E-state index is 12.3. The van der Waals surface area contributed by atoms with Gasteiger partial charge in [-0.15, -0.1) is 6.58 Å². The Bertz CT molecular complexity index is 992. The van der Waals surface area contributed by atoms with Crippen LogP contribution >= 0.6 is 11.8 Å². The minimum atomic E-state index is -0.280. The van der Waals surface area contributed by atoms with Crippen molar-refractivity contribution in [3.8, 4) is 5.69 Å². The van der Waals surface area contributed by atoms with E-state index in [1.807, 2.05) is 31.2 Å². The standard InChI is InChI=1S/C17H17N5O2S/c1-3-7-18-14(23)10-25-17-20-15-13(16(24)21-17)9-19-22(15)12-6-4-5-11(2)8-12/h3-6,8-9H,1,7,10H2,2H3,(H,18,23)(H,20,21,24). The van der Waals surface area contributed by atoms with E-state index in [4.69, 9.17) is 0 Å². The zero-order chi connectivity index (χ0) is 17.8. The fourth-order valence-electron chi connectivity index (χ4n) is 2.29. The fourth-order valence-corrected chi connectivity index (χ4v) is 2.97. The summed E-state index contributed by atoms with van der Waals surface area (Å²) in [4.78, 5) is 31.1. The summed E-state index contributed by atoms with van der Waals surface area (Å²) in [5, 5.41) is 7.74. The number of hydrogen-bond donors (Lipinski definition) is 2. The fraction of sp³-hybridized carbons (Fsp3) is 0.176. The molecular weight excluding hydrogens is 338 g/mol. The van der Waals surface area contributed by atoms with Crippen LogP contribution in [0.5, 0.6) is 0 Å². The van der Waals surface area contributed by atoms with Crippen molar-refractivity contribution in [2.45, 2.75) is 12.1 Å². The lowest BCUT2D eigenvalue weighted by Gasteiger charge is -2.05. The highest BCUT2D eigenvalue weighted by Gasteiger charge is 2.12. The Morgan fingerprint density at radius 2 is 2.32 bits per heavy atom. The van der Waals surface area contributed by atoms with Crippen LogP contribution in [0, 0.1) is 6.92 Å². The van der Waals surface area contributed by atoms with Crippen molar-refractivity contribution in [3.05, 3.63) is 59.0 Å². The third-order valence-corrected chi connectivity index (χ3v) is 4.32. The molecule has 7 nitrogen and oxygen atoms in total. The summed E-state index contributed by atoms with van der Waals surface area (Å²) in [6.07, 6.45) is 3.10. The molecule has 128 valence electrons. The van der Waals surface area contributed by atoms with Gasteiger partial charge in [0.05, 0.1) is 17.6 Å². The average Bonchev–Trinajstić information content (AvgIpc) is 3.02. The number of fused-ring (bicyclic) bond motifs is 1. The van der Waals surface area contributed by atoms with Gasteiger partial charge in [0.1, 0.15) is 5.39 Å². The molecule has 1 amide bonds. The number of rotatable bonds is 6. The van der Waals surface area contributed by atoms with Crippen LogP contribution in [0.4, 0.5) is 0 Å². The van der Waals surface area contributed by atoms with Gasteiger partial charge in [-0.3, -0.25) is 9.59 Å². The zero-order valence-electron chi connectivity index (χ0n) is 13.7. The maximum Gasteiger partial charge on any atom is 0.262 e. The number of aromatic amines is 1. The Morgan fingerprint density at radius 3 is 3.08 bits per heavy atom. The lowest BCUT2D eigenvalue weighted by Crippen LogP contribution is -2.25. The number of benzene rings is 1. The van der Waals surface area contributed by atoms with Gasteiger partial charge >= 0.3 is 0 Å². The van der Waals surface area contributed by atoms with Crippen LogP contribution in [-0.4, -0.2) is 38.0 Å². The number of nitrogens with one attached hydrogen (secondary N) is 2. The molecule has 0 bridgehead atoms. The Labute approximate surface area is 148 Å². The molecule has 0 saturated carbocycles. The molecule has 0 atom stereocenters. The molecule has 0 fully saturated rings. The summed E-state index contributed by atoms with van der Waals surface area (Å²) in [7, 11) is 0. The van der Waals surface area contributed by atoms with Gasteiger partial charge in [0.2, 0.25) is 5.91 Å². The number of hydrogen-bond acceptors (Lipinski definition) is 5. The van der Waals surface area contributed by atoms with Gasteiger partial charge in [-0.05, 0) is 24.6 Å². The summed E-state index contributed by atoms with van der Waals surface area (Å²) in [5.41, 5.74) is 2.09. The van der Waals surface area contributed by atoms with Gasteiger partial charge in [0.15, 0.2) is 10.8 Å². The molecule has 0 aliphatic carbocycles. The number of carbonyl (C=O) groups excluding carboxylic acids is 1. The van der Waals surface area contributed by atoms with Gasteiger partial charge in [0.25, 0.3) is 5.56 Å². The molecule has 0 spiro atoms. The number of aryl methyl sites for hydroxylation is 1. The van der Waals surface area contributed by atoms with Crippen molar-refractivity contribution >= 4 is 28.7 Å². The van der Waals surface area contributed by atoms with Crippen LogP contribution in [-0.2, 0) is 4.79 Å². The van der Waals surface area contributed by atoms with Gasteiger partial charge in [0, 0.05) is 6.54 Å². The monoisotopic (exact) mass is 355 g/mol. The number of H-pyrrole nitrogens is 1. The summed E-state index contributed by atoms with van der Waals surface area (Å²) in [6.45, 7) is 5.93. The Morgan fingerprint density at radius 1 is 1.48 bits per heavy atom. The first kappa shape index (κ1) is 17.0. The van der Waals surface area contributed by atoms with Gasteiger partial charge in [-0.1, -0.05) is 30.0 Å². The van der Waals surface area contributed by atoms with E-state index in [9.17, 15) is 9.59 Å². The van der Waals surface area contributed by atoms with Crippen molar-refractivity contribution in [3.63, 3.8) is 0 Å². The highest BCUT2D eigenvalue weighted by atomic mass is 32.2. The molecule has 2 N–H and O–H groups in total. The van der Waals surface area contributed by atoms with Crippen molar-refractivity contribution in [2.75, 3.05) is 12.3 Å². The molecule has 0 radical (unpaired) electrons. The maximum atomic E-state index is 12.3. The number of thioether (sulfide) groups is 1. The average molecular weight is 355 g/mol. The predicted octanol–water partition coefficient (Wildman–Crippen LogP) is 1.81. The number of nitrogens with zero attached hydrogens (tertiary/aromatic N) is 3. The Balaban J connectivity index is 1.92. The summed E-state index contributed by atoms with van der Waals surface area (Å²) in [5.74, 6) is 0.000712. The van der Waals surface area contributed by atoms with Gasteiger partial charge < -0.3 is 10.3 Å². The molecule has 3 rings (SSSR count). The zero-order valence-corrected chi connectivity index (χ0v) is 14.5. The minimum absolute atomic E-state index is 0.153. The SMILES string of the molecule is C=CCNC(=O)CSc1nc2c(cnn2-c2cccc(C)c2)c(=O)[nH]1.